The molecule has 0 spiro atoms. The monoisotopic (exact) mass is 803 g/mol. The Labute approximate surface area is 348 Å². The molecule has 0 aliphatic heterocycles. The molecule has 0 bridgehead atoms. The molecule has 10 heteroatoms. The molecule has 1 N–H and O–H groups in total. The summed E-state index contributed by atoms with van der Waals surface area (Å²) in [6.45, 7) is 6.93. The lowest BCUT2D eigenvalue weighted by atomic mass is 9.80. The summed E-state index contributed by atoms with van der Waals surface area (Å²) in [6, 6.07) is 47.6. The van der Waals surface area contributed by atoms with Gasteiger partial charge in [-0.1, -0.05) is 140 Å². The van der Waals surface area contributed by atoms with E-state index in [1.807, 2.05) is 78.9 Å². The third kappa shape index (κ3) is 13.0. The van der Waals surface area contributed by atoms with E-state index >= 15 is 0 Å². The smallest absolute Gasteiger partial charge is 0.407 e. The number of benzene rings is 5. The van der Waals surface area contributed by atoms with Crippen LogP contribution in [-0.4, -0.2) is 105 Å². The fourth-order valence-corrected chi connectivity index (χ4v) is 7.24. The molecule has 0 aromatic heterocycles. The fourth-order valence-electron chi connectivity index (χ4n) is 7.24. The Morgan fingerprint density at radius 2 is 0.797 bits per heavy atom. The van der Waals surface area contributed by atoms with Gasteiger partial charge in [0.2, 0.25) is 0 Å². The summed E-state index contributed by atoms with van der Waals surface area (Å²) in [5.74, 6) is 0.0477. The normalized spacial score (nSPS) is 12.3. The number of ether oxygens (including phenoxy) is 8. The lowest BCUT2D eigenvalue weighted by Crippen LogP contribution is -2.34. The summed E-state index contributed by atoms with van der Waals surface area (Å²) in [5, 5.41) is 2.82. The van der Waals surface area contributed by atoms with E-state index in [1.165, 1.54) is 22.3 Å². The van der Waals surface area contributed by atoms with E-state index in [0.717, 1.165) is 16.7 Å². The molecule has 1 amide bonds. The van der Waals surface area contributed by atoms with E-state index in [1.54, 1.807) is 0 Å². The minimum atomic E-state index is -0.758. The van der Waals surface area contributed by atoms with Crippen LogP contribution in [0.3, 0.4) is 0 Å². The van der Waals surface area contributed by atoms with Gasteiger partial charge in [-0.15, -0.1) is 0 Å². The quantitative estimate of drug-likeness (QED) is 0.0398. The molecule has 0 saturated carbocycles. The number of nitrogens with one attached hydrogen (secondary N) is 1. The molecule has 0 atom stereocenters. The number of hydrogen-bond acceptors (Lipinski definition) is 9. The van der Waals surface area contributed by atoms with E-state index in [-0.39, 0.29) is 5.92 Å². The van der Waals surface area contributed by atoms with E-state index in [4.69, 9.17) is 37.9 Å². The van der Waals surface area contributed by atoms with Crippen LogP contribution >= 0.6 is 0 Å². The number of rotatable bonds is 28. The largest absolute Gasteiger partial charge is 0.449 e. The topological polar surface area (TPSA) is 103 Å². The van der Waals surface area contributed by atoms with Crippen molar-refractivity contribution in [1.29, 1.82) is 0 Å². The second kappa shape index (κ2) is 24.9. The Kier molecular flexibility index (Phi) is 18.4. The van der Waals surface area contributed by atoms with Gasteiger partial charge in [-0.25, -0.2) is 4.79 Å². The summed E-state index contributed by atoms with van der Waals surface area (Å²) in [7, 11) is 0. The van der Waals surface area contributed by atoms with E-state index in [0.29, 0.717) is 105 Å². The van der Waals surface area contributed by atoms with Crippen LogP contribution in [0.4, 0.5) is 4.79 Å². The van der Waals surface area contributed by atoms with Crippen LogP contribution in [0, 0.1) is 0 Å². The minimum absolute atomic E-state index is 0.0477. The SMILES string of the molecule is O=C(NCCCOCCOCCOCCOCCOCCOCCOC(c1ccccc1)(c1ccccc1)c1ccccc1)OCC1c2ccccc2-c2ccccc21. The first-order valence-corrected chi connectivity index (χ1v) is 20.6. The standard InChI is InChI=1S/C49H57NO9/c51-48(58-39-47-45-23-12-10-21-43(45)44-22-11-13-24-46(44)47)50-25-14-26-52-27-28-53-29-30-54-31-32-55-33-34-56-35-36-57-37-38-59-49(40-15-4-1-5-16-40,41-17-6-2-7-18-41)42-19-8-3-9-20-42/h1-13,15-24,47H,14,25-39H2,(H,50,51). The Balaban J connectivity index is 0.706. The second-order valence-corrected chi connectivity index (χ2v) is 13.9. The number of hydrogen-bond donors (Lipinski definition) is 1. The highest BCUT2D eigenvalue weighted by molar-refractivity contribution is 5.79. The van der Waals surface area contributed by atoms with Gasteiger partial charge in [-0.2, -0.15) is 0 Å². The number of carbonyl (C=O) groups is 1. The summed E-state index contributed by atoms with van der Waals surface area (Å²) >= 11 is 0. The predicted molar refractivity (Wildman–Crippen MR) is 228 cm³/mol. The van der Waals surface area contributed by atoms with Gasteiger partial charge >= 0.3 is 6.09 Å². The molecule has 1 aliphatic carbocycles. The average molecular weight is 804 g/mol. The van der Waals surface area contributed by atoms with Crippen molar-refractivity contribution in [2.24, 2.45) is 0 Å². The van der Waals surface area contributed by atoms with Gasteiger partial charge in [-0.05, 0) is 45.4 Å². The molecule has 0 unspecified atom stereocenters. The van der Waals surface area contributed by atoms with Gasteiger partial charge in [0.25, 0.3) is 0 Å². The number of alkyl carbamates (subject to hydrolysis) is 1. The molecular weight excluding hydrogens is 747 g/mol. The highest BCUT2D eigenvalue weighted by Gasteiger charge is 2.37. The maximum absolute atomic E-state index is 12.3. The third-order valence-corrected chi connectivity index (χ3v) is 10.0. The van der Waals surface area contributed by atoms with Crippen molar-refractivity contribution >= 4 is 6.09 Å². The zero-order valence-corrected chi connectivity index (χ0v) is 33.8. The van der Waals surface area contributed by atoms with Crippen LogP contribution in [0.5, 0.6) is 0 Å². The number of carbonyl (C=O) groups excluding carboxylic acids is 1. The van der Waals surface area contributed by atoms with Crippen LogP contribution in [0.1, 0.15) is 40.2 Å². The first-order valence-electron chi connectivity index (χ1n) is 20.6. The van der Waals surface area contributed by atoms with Gasteiger partial charge in [0.15, 0.2) is 0 Å². The number of fused-ring (bicyclic) bond motifs is 3. The van der Waals surface area contributed by atoms with Gasteiger partial charge in [-0.3, -0.25) is 0 Å². The Hall–Kier alpha value is -4.91. The van der Waals surface area contributed by atoms with Crippen LogP contribution in [0.2, 0.25) is 0 Å². The summed E-state index contributed by atoms with van der Waals surface area (Å²) in [5.41, 5.74) is 7.25. The summed E-state index contributed by atoms with van der Waals surface area (Å²) in [6.07, 6.45) is 0.269. The average Bonchev–Trinajstić information content (AvgIpc) is 3.61. The maximum atomic E-state index is 12.3. The highest BCUT2D eigenvalue weighted by Crippen LogP contribution is 2.44. The Bertz CT molecular complexity index is 1770. The highest BCUT2D eigenvalue weighted by atomic mass is 16.6. The van der Waals surface area contributed by atoms with E-state index < -0.39 is 11.7 Å². The first-order chi connectivity index (χ1) is 29.3. The molecule has 1 aliphatic rings. The van der Waals surface area contributed by atoms with Crippen molar-refractivity contribution < 1.29 is 42.7 Å². The zero-order valence-electron chi connectivity index (χ0n) is 33.8. The molecule has 0 radical (unpaired) electrons. The molecule has 0 heterocycles. The number of amides is 1. The van der Waals surface area contributed by atoms with Crippen molar-refractivity contribution in [3.63, 3.8) is 0 Å². The Morgan fingerprint density at radius 1 is 0.441 bits per heavy atom. The van der Waals surface area contributed by atoms with Gasteiger partial charge < -0.3 is 43.2 Å². The van der Waals surface area contributed by atoms with E-state index in [2.05, 4.69) is 66.0 Å². The molecule has 10 nitrogen and oxygen atoms in total. The summed E-state index contributed by atoms with van der Waals surface area (Å²) < 4.78 is 46.2. The first kappa shape index (κ1) is 43.7. The molecule has 0 saturated heterocycles. The lowest BCUT2D eigenvalue weighted by molar-refractivity contribution is -0.0395. The summed E-state index contributed by atoms with van der Waals surface area (Å²) in [4.78, 5) is 12.3. The third-order valence-electron chi connectivity index (χ3n) is 10.0. The van der Waals surface area contributed by atoms with Crippen LogP contribution < -0.4 is 5.32 Å². The van der Waals surface area contributed by atoms with Crippen LogP contribution in [-0.2, 0) is 43.5 Å². The molecule has 0 fully saturated rings. The van der Waals surface area contributed by atoms with E-state index in [9.17, 15) is 4.79 Å². The fraction of sp³-hybridized carbons (Fsp3) is 0.367. The van der Waals surface area contributed by atoms with Crippen LogP contribution in [0.25, 0.3) is 11.1 Å². The molecule has 312 valence electrons. The van der Waals surface area contributed by atoms with Crippen LogP contribution in [0.15, 0.2) is 140 Å². The zero-order chi connectivity index (χ0) is 40.6. The molecule has 6 rings (SSSR count). The molecule has 5 aromatic carbocycles. The molecule has 5 aromatic rings. The lowest BCUT2D eigenvalue weighted by Gasteiger charge is -2.36. The molecular formula is C49H57NO9. The maximum Gasteiger partial charge on any atom is 0.407 e. The van der Waals surface area contributed by atoms with Crippen molar-refractivity contribution in [3.05, 3.63) is 167 Å². The Morgan fingerprint density at radius 3 is 1.22 bits per heavy atom. The van der Waals surface area contributed by atoms with Crippen molar-refractivity contribution in [2.75, 3.05) is 99.0 Å². The van der Waals surface area contributed by atoms with Crippen molar-refractivity contribution in [2.45, 2.75) is 17.9 Å². The minimum Gasteiger partial charge on any atom is -0.449 e. The van der Waals surface area contributed by atoms with Gasteiger partial charge in [0, 0.05) is 19.1 Å². The van der Waals surface area contributed by atoms with Gasteiger partial charge in [0.1, 0.15) is 12.2 Å². The predicted octanol–water partition coefficient (Wildman–Crippen LogP) is 8.02. The van der Waals surface area contributed by atoms with Crippen molar-refractivity contribution in [1.82, 2.24) is 5.32 Å². The second-order valence-electron chi connectivity index (χ2n) is 13.9. The van der Waals surface area contributed by atoms with Crippen molar-refractivity contribution in [3.8, 4) is 11.1 Å². The van der Waals surface area contributed by atoms with Gasteiger partial charge in [0.05, 0.1) is 79.3 Å². The molecule has 59 heavy (non-hydrogen) atoms.